The fraction of sp³-hybridized carbons (Fsp3) is 0.357. The molecule has 0 atom stereocenters. The molecule has 2 aromatic carbocycles. The Labute approximate surface area is 224 Å². The normalized spacial score (nSPS) is 12.0. The van der Waals surface area contributed by atoms with Crippen molar-refractivity contribution in [1.82, 2.24) is 24.8 Å². The Hall–Kier alpha value is -4.15. The topological polar surface area (TPSA) is 86.9 Å². The van der Waals surface area contributed by atoms with Gasteiger partial charge in [0, 0.05) is 35.6 Å². The lowest BCUT2D eigenvalue weighted by molar-refractivity contribution is -0.274. The van der Waals surface area contributed by atoms with Crippen molar-refractivity contribution in [2.45, 2.75) is 53.8 Å². The molecule has 0 aliphatic rings. The standard InChI is InChI=1S/C28H31F3N6O2/c1-17-7-8-20(13-25(17)37-16-24(34-35-37)23-15-32-36(6)18(23)2)26(38)33-21-11-19(9-10-27(3,4)5)12-22(14-21)39-28(29,30)31/h7-8,11-16H,9-10H2,1-6H3,(H,33,38). The molecule has 0 aliphatic heterocycles. The Morgan fingerprint density at radius 2 is 1.82 bits per heavy atom. The summed E-state index contributed by atoms with van der Waals surface area (Å²) in [6, 6.07) is 9.27. The molecule has 1 N–H and O–H groups in total. The first kappa shape index (κ1) is 27.9. The molecule has 8 nitrogen and oxygen atoms in total. The van der Waals surface area contributed by atoms with Gasteiger partial charge in [-0.3, -0.25) is 9.48 Å². The van der Waals surface area contributed by atoms with Crippen molar-refractivity contribution in [1.29, 1.82) is 0 Å². The second-order valence-corrected chi connectivity index (χ2v) is 10.7. The van der Waals surface area contributed by atoms with Crippen LogP contribution in [0, 0.1) is 19.3 Å². The van der Waals surface area contributed by atoms with Crippen LogP contribution in [-0.2, 0) is 13.5 Å². The Morgan fingerprint density at radius 1 is 1.08 bits per heavy atom. The lowest BCUT2D eigenvalue weighted by atomic mass is 9.88. The number of halogens is 3. The molecule has 4 rings (SSSR count). The first-order chi connectivity index (χ1) is 18.2. The maximum Gasteiger partial charge on any atom is 0.573 e. The van der Waals surface area contributed by atoms with Gasteiger partial charge in [0.15, 0.2) is 0 Å². The van der Waals surface area contributed by atoms with Gasteiger partial charge in [0.2, 0.25) is 0 Å². The third-order valence-corrected chi connectivity index (χ3v) is 6.34. The Bertz CT molecular complexity index is 1500. The summed E-state index contributed by atoms with van der Waals surface area (Å²) < 4.78 is 46.4. The van der Waals surface area contributed by atoms with Crippen LogP contribution in [0.1, 0.15) is 54.4 Å². The summed E-state index contributed by atoms with van der Waals surface area (Å²) >= 11 is 0. The van der Waals surface area contributed by atoms with Gasteiger partial charge in [-0.1, -0.05) is 32.1 Å². The van der Waals surface area contributed by atoms with E-state index >= 15 is 0 Å². The minimum Gasteiger partial charge on any atom is -0.406 e. The Balaban J connectivity index is 1.60. The predicted molar refractivity (Wildman–Crippen MR) is 142 cm³/mol. The number of aromatic nitrogens is 5. The third kappa shape index (κ3) is 7.04. The predicted octanol–water partition coefficient (Wildman–Crippen LogP) is 6.41. The second kappa shape index (κ2) is 10.5. The molecule has 2 heterocycles. The van der Waals surface area contributed by atoms with Gasteiger partial charge in [0.1, 0.15) is 11.4 Å². The summed E-state index contributed by atoms with van der Waals surface area (Å²) in [6.07, 6.45) is -0.0994. The third-order valence-electron chi connectivity index (χ3n) is 6.34. The minimum absolute atomic E-state index is 0.0143. The van der Waals surface area contributed by atoms with Crippen molar-refractivity contribution in [3.63, 3.8) is 0 Å². The SMILES string of the molecule is Cc1ccc(C(=O)Nc2cc(CCC(C)(C)C)cc(OC(F)(F)F)c2)cc1-n1cc(-c2cnn(C)c2C)nn1. The van der Waals surface area contributed by atoms with Gasteiger partial charge in [-0.15, -0.1) is 18.3 Å². The molecule has 0 saturated carbocycles. The zero-order valence-electron chi connectivity index (χ0n) is 22.7. The van der Waals surface area contributed by atoms with E-state index in [0.717, 1.165) is 23.2 Å². The maximum absolute atomic E-state index is 13.2. The molecule has 2 aromatic heterocycles. The van der Waals surface area contributed by atoms with E-state index in [1.165, 1.54) is 12.1 Å². The molecule has 0 spiro atoms. The molecule has 39 heavy (non-hydrogen) atoms. The number of aryl methyl sites for hydroxylation is 3. The Morgan fingerprint density at radius 3 is 2.46 bits per heavy atom. The molecular weight excluding hydrogens is 509 g/mol. The van der Waals surface area contributed by atoms with Crippen LogP contribution in [0.15, 0.2) is 48.8 Å². The van der Waals surface area contributed by atoms with Crippen LogP contribution in [0.25, 0.3) is 16.9 Å². The van der Waals surface area contributed by atoms with Crippen LogP contribution < -0.4 is 10.1 Å². The first-order valence-electron chi connectivity index (χ1n) is 12.4. The average molecular weight is 541 g/mol. The van der Waals surface area contributed by atoms with Crippen molar-refractivity contribution in [2.75, 3.05) is 5.32 Å². The van der Waals surface area contributed by atoms with Crippen LogP contribution in [-0.4, -0.2) is 37.0 Å². The molecule has 0 fully saturated rings. The minimum atomic E-state index is -4.85. The highest BCUT2D eigenvalue weighted by molar-refractivity contribution is 6.04. The number of nitrogens with one attached hydrogen (secondary N) is 1. The molecule has 11 heteroatoms. The number of hydrogen-bond acceptors (Lipinski definition) is 5. The molecule has 0 saturated heterocycles. The molecule has 1 amide bonds. The van der Waals surface area contributed by atoms with E-state index < -0.39 is 12.3 Å². The number of nitrogens with zero attached hydrogens (tertiary/aromatic N) is 5. The number of hydrogen-bond donors (Lipinski definition) is 1. The second-order valence-electron chi connectivity index (χ2n) is 10.7. The number of benzene rings is 2. The van der Waals surface area contributed by atoms with E-state index in [4.69, 9.17) is 0 Å². The van der Waals surface area contributed by atoms with Crippen LogP contribution in [0.3, 0.4) is 0 Å². The van der Waals surface area contributed by atoms with Crippen molar-refractivity contribution in [3.8, 4) is 22.7 Å². The number of carbonyl (C=O) groups is 1. The van der Waals surface area contributed by atoms with Crippen LogP contribution in [0.5, 0.6) is 5.75 Å². The smallest absolute Gasteiger partial charge is 0.406 e. The molecule has 0 aliphatic carbocycles. The number of rotatable bonds is 7. The lowest BCUT2D eigenvalue weighted by Crippen LogP contribution is -2.18. The fourth-order valence-corrected chi connectivity index (χ4v) is 4.04. The fourth-order valence-electron chi connectivity index (χ4n) is 4.04. The molecule has 0 bridgehead atoms. The van der Waals surface area contributed by atoms with E-state index in [1.54, 1.807) is 46.0 Å². The van der Waals surface area contributed by atoms with Gasteiger partial charge in [-0.05, 0) is 67.5 Å². The van der Waals surface area contributed by atoms with Gasteiger partial charge in [0.05, 0.1) is 18.1 Å². The zero-order valence-corrected chi connectivity index (χ0v) is 22.7. The van der Waals surface area contributed by atoms with Crippen molar-refractivity contribution in [3.05, 3.63) is 71.2 Å². The molecule has 206 valence electrons. The molecule has 0 unspecified atom stereocenters. The van der Waals surface area contributed by atoms with Crippen LogP contribution in [0.2, 0.25) is 0 Å². The van der Waals surface area contributed by atoms with Crippen LogP contribution >= 0.6 is 0 Å². The number of anilines is 1. The highest BCUT2D eigenvalue weighted by atomic mass is 19.4. The van der Waals surface area contributed by atoms with Crippen molar-refractivity contribution >= 4 is 11.6 Å². The molecular formula is C28H31F3N6O2. The number of alkyl halides is 3. The van der Waals surface area contributed by atoms with Gasteiger partial charge in [-0.2, -0.15) is 5.10 Å². The van der Waals surface area contributed by atoms with E-state index in [-0.39, 0.29) is 16.9 Å². The van der Waals surface area contributed by atoms with E-state index in [0.29, 0.717) is 28.9 Å². The van der Waals surface area contributed by atoms with Gasteiger partial charge in [0.25, 0.3) is 5.91 Å². The summed E-state index contributed by atoms with van der Waals surface area (Å²) in [4.78, 5) is 13.2. The van der Waals surface area contributed by atoms with E-state index in [9.17, 15) is 18.0 Å². The highest BCUT2D eigenvalue weighted by Crippen LogP contribution is 2.30. The molecule has 4 aromatic rings. The number of amides is 1. The summed E-state index contributed by atoms with van der Waals surface area (Å²) in [5.41, 5.74) is 5.06. The molecule has 0 radical (unpaired) electrons. The lowest BCUT2D eigenvalue weighted by Gasteiger charge is -2.19. The maximum atomic E-state index is 13.2. The summed E-state index contributed by atoms with van der Waals surface area (Å²) in [6.45, 7) is 9.97. The Kier molecular flexibility index (Phi) is 7.54. The van der Waals surface area contributed by atoms with Gasteiger partial charge in [-0.25, -0.2) is 4.68 Å². The van der Waals surface area contributed by atoms with E-state index in [2.05, 4.69) is 46.2 Å². The van der Waals surface area contributed by atoms with E-state index in [1.807, 2.05) is 20.9 Å². The first-order valence-corrected chi connectivity index (χ1v) is 12.4. The largest absolute Gasteiger partial charge is 0.573 e. The quantitative estimate of drug-likeness (QED) is 0.293. The van der Waals surface area contributed by atoms with Crippen LogP contribution in [0.4, 0.5) is 18.9 Å². The van der Waals surface area contributed by atoms with Crippen molar-refractivity contribution in [2.24, 2.45) is 12.5 Å². The van der Waals surface area contributed by atoms with Gasteiger partial charge >= 0.3 is 6.36 Å². The number of carbonyl (C=O) groups excluding carboxylic acids is 1. The average Bonchev–Trinajstić information content (AvgIpc) is 3.43. The van der Waals surface area contributed by atoms with Gasteiger partial charge < -0.3 is 10.1 Å². The zero-order chi connectivity index (χ0) is 28.5. The van der Waals surface area contributed by atoms with Crippen molar-refractivity contribution < 1.29 is 22.7 Å². The summed E-state index contributed by atoms with van der Waals surface area (Å²) in [5.74, 6) is -0.861. The number of ether oxygens (including phenoxy) is 1. The highest BCUT2D eigenvalue weighted by Gasteiger charge is 2.31. The monoisotopic (exact) mass is 540 g/mol. The summed E-state index contributed by atoms with van der Waals surface area (Å²) in [5, 5.41) is 15.4. The summed E-state index contributed by atoms with van der Waals surface area (Å²) in [7, 11) is 1.84.